The Bertz CT molecular complexity index is 584. The normalized spacial score (nSPS) is 11.9. The number of carbonyl (C=O) groups is 1. The maximum atomic E-state index is 11.6. The van der Waals surface area contributed by atoms with Gasteiger partial charge in [-0.1, -0.05) is 13.0 Å². The number of rotatable bonds is 5. The fourth-order valence-corrected chi connectivity index (χ4v) is 2.53. The van der Waals surface area contributed by atoms with Gasteiger partial charge in [0, 0.05) is 24.0 Å². The maximum absolute atomic E-state index is 11.6. The van der Waals surface area contributed by atoms with Gasteiger partial charge in [0.15, 0.2) is 0 Å². The van der Waals surface area contributed by atoms with Crippen molar-refractivity contribution in [2.75, 3.05) is 24.7 Å². The van der Waals surface area contributed by atoms with Crippen molar-refractivity contribution in [1.29, 1.82) is 0 Å². The summed E-state index contributed by atoms with van der Waals surface area (Å²) in [5, 5.41) is 6.28. The van der Waals surface area contributed by atoms with E-state index in [0.29, 0.717) is 17.8 Å². The molecule has 106 valence electrons. The van der Waals surface area contributed by atoms with Crippen molar-refractivity contribution in [3.63, 3.8) is 0 Å². The summed E-state index contributed by atoms with van der Waals surface area (Å²) in [6.45, 7) is 2.79. The zero-order valence-corrected chi connectivity index (χ0v) is 12.2. The zero-order valence-electron chi connectivity index (χ0n) is 11.4. The van der Waals surface area contributed by atoms with Crippen LogP contribution in [0.2, 0.25) is 0 Å². The highest BCUT2D eigenvalue weighted by molar-refractivity contribution is 7.09. The number of esters is 1. The molecule has 20 heavy (non-hydrogen) atoms. The number of anilines is 2. The van der Waals surface area contributed by atoms with E-state index in [0.717, 1.165) is 10.7 Å². The fourth-order valence-electron chi connectivity index (χ4n) is 1.84. The molecule has 0 spiro atoms. The average molecular weight is 291 g/mol. The first kappa shape index (κ1) is 14.3. The van der Waals surface area contributed by atoms with Crippen molar-refractivity contribution in [2.24, 2.45) is 0 Å². The molecule has 1 aromatic heterocycles. The van der Waals surface area contributed by atoms with Gasteiger partial charge < -0.3 is 15.8 Å². The van der Waals surface area contributed by atoms with Gasteiger partial charge >= 0.3 is 5.97 Å². The van der Waals surface area contributed by atoms with E-state index in [1.807, 2.05) is 11.4 Å². The smallest absolute Gasteiger partial charge is 0.340 e. The Balaban J connectivity index is 2.08. The summed E-state index contributed by atoms with van der Waals surface area (Å²) in [5.74, 6) is -0.157. The van der Waals surface area contributed by atoms with E-state index in [-0.39, 0.29) is 5.92 Å². The Morgan fingerprint density at radius 1 is 1.55 bits per heavy atom. The number of nitrogens with two attached hydrogens (primary N) is 1. The number of hydrogen-bond donors (Lipinski definition) is 2. The second-order valence-electron chi connectivity index (χ2n) is 4.41. The molecule has 0 amide bonds. The van der Waals surface area contributed by atoms with Crippen LogP contribution in [-0.4, -0.2) is 24.6 Å². The number of benzene rings is 1. The molecule has 2 aromatic rings. The number of hydrogen-bond acceptors (Lipinski definition) is 6. The monoisotopic (exact) mass is 291 g/mol. The molecule has 0 aliphatic rings. The quantitative estimate of drug-likeness (QED) is 0.654. The second-order valence-corrected chi connectivity index (χ2v) is 5.34. The van der Waals surface area contributed by atoms with Crippen molar-refractivity contribution in [3.8, 4) is 0 Å². The van der Waals surface area contributed by atoms with E-state index in [2.05, 4.69) is 17.2 Å². The summed E-state index contributed by atoms with van der Waals surface area (Å²) >= 11 is 1.63. The molecule has 5 nitrogen and oxygen atoms in total. The molecule has 0 aliphatic carbocycles. The number of para-hydroxylation sites is 1. The Labute approximate surface area is 121 Å². The van der Waals surface area contributed by atoms with Crippen molar-refractivity contribution in [2.45, 2.75) is 12.8 Å². The van der Waals surface area contributed by atoms with Gasteiger partial charge in [-0.3, -0.25) is 0 Å². The van der Waals surface area contributed by atoms with Gasteiger partial charge in [0.25, 0.3) is 0 Å². The summed E-state index contributed by atoms with van der Waals surface area (Å²) in [5.41, 5.74) is 7.50. The average Bonchev–Trinajstić information content (AvgIpc) is 2.99. The molecular weight excluding hydrogens is 274 g/mol. The SMILES string of the molecule is COC(=O)c1cccc(NCC(C)c2nccs2)c1N. The predicted octanol–water partition coefficient (Wildman–Crippen LogP) is 2.73. The lowest BCUT2D eigenvalue weighted by Crippen LogP contribution is -2.13. The van der Waals surface area contributed by atoms with Crippen LogP contribution in [0, 0.1) is 0 Å². The van der Waals surface area contributed by atoms with E-state index in [1.54, 1.807) is 29.7 Å². The van der Waals surface area contributed by atoms with Crippen LogP contribution in [0.15, 0.2) is 29.8 Å². The number of ether oxygens (including phenoxy) is 1. The number of methoxy groups -OCH3 is 1. The number of carbonyl (C=O) groups excluding carboxylic acids is 1. The molecule has 6 heteroatoms. The highest BCUT2D eigenvalue weighted by atomic mass is 32.1. The lowest BCUT2D eigenvalue weighted by molar-refractivity contribution is 0.0602. The van der Waals surface area contributed by atoms with Crippen LogP contribution in [0.25, 0.3) is 0 Å². The topological polar surface area (TPSA) is 77.2 Å². The largest absolute Gasteiger partial charge is 0.465 e. The lowest BCUT2D eigenvalue weighted by Gasteiger charge is -2.14. The number of nitrogens with one attached hydrogen (secondary N) is 1. The van der Waals surface area contributed by atoms with E-state index >= 15 is 0 Å². The molecular formula is C14H17N3O2S. The molecule has 0 bridgehead atoms. The lowest BCUT2D eigenvalue weighted by atomic mass is 10.1. The number of thiazole rings is 1. The first-order valence-corrected chi connectivity index (χ1v) is 7.11. The first-order valence-electron chi connectivity index (χ1n) is 6.23. The molecule has 0 saturated heterocycles. The van der Waals surface area contributed by atoms with Gasteiger partial charge in [0.05, 0.1) is 29.1 Å². The van der Waals surface area contributed by atoms with Crippen molar-refractivity contribution in [3.05, 3.63) is 40.3 Å². The fraction of sp³-hybridized carbons (Fsp3) is 0.286. The van der Waals surface area contributed by atoms with Crippen LogP contribution in [0.5, 0.6) is 0 Å². The minimum Gasteiger partial charge on any atom is -0.465 e. The molecule has 1 aromatic carbocycles. The minimum absolute atomic E-state index is 0.274. The Morgan fingerprint density at radius 2 is 2.35 bits per heavy atom. The number of nitrogen functional groups attached to an aromatic ring is 1. The highest BCUT2D eigenvalue weighted by Gasteiger charge is 2.14. The maximum Gasteiger partial charge on any atom is 0.340 e. The number of aromatic nitrogens is 1. The third-order valence-electron chi connectivity index (χ3n) is 2.98. The molecule has 0 saturated carbocycles. The molecule has 2 rings (SSSR count). The zero-order chi connectivity index (χ0) is 14.5. The van der Waals surface area contributed by atoms with Crippen LogP contribution >= 0.6 is 11.3 Å². The predicted molar refractivity (Wildman–Crippen MR) is 81.2 cm³/mol. The molecule has 1 heterocycles. The molecule has 0 radical (unpaired) electrons. The first-order chi connectivity index (χ1) is 9.63. The summed E-state index contributed by atoms with van der Waals surface area (Å²) in [4.78, 5) is 15.9. The summed E-state index contributed by atoms with van der Waals surface area (Å²) in [6.07, 6.45) is 1.79. The third kappa shape index (κ3) is 3.08. The van der Waals surface area contributed by atoms with E-state index in [9.17, 15) is 4.79 Å². The summed E-state index contributed by atoms with van der Waals surface area (Å²) in [6, 6.07) is 5.27. The Hall–Kier alpha value is -2.08. The van der Waals surface area contributed by atoms with Crippen molar-refractivity contribution >= 4 is 28.7 Å². The highest BCUT2D eigenvalue weighted by Crippen LogP contribution is 2.25. The van der Waals surface area contributed by atoms with Gasteiger partial charge in [-0.15, -0.1) is 11.3 Å². The minimum atomic E-state index is -0.431. The molecule has 0 fully saturated rings. The van der Waals surface area contributed by atoms with Crippen LogP contribution in [0.3, 0.4) is 0 Å². The second kappa shape index (κ2) is 6.38. The van der Waals surface area contributed by atoms with Crippen molar-refractivity contribution < 1.29 is 9.53 Å². The van der Waals surface area contributed by atoms with Crippen LogP contribution < -0.4 is 11.1 Å². The van der Waals surface area contributed by atoms with Crippen LogP contribution in [0.4, 0.5) is 11.4 Å². The van der Waals surface area contributed by atoms with Crippen LogP contribution in [-0.2, 0) is 4.74 Å². The van der Waals surface area contributed by atoms with Gasteiger partial charge in [-0.2, -0.15) is 0 Å². The van der Waals surface area contributed by atoms with E-state index in [1.165, 1.54) is 7.11 Å². The third-order valence-corrected chi connectivity index (χ3v) is 3.99. The summed E-state index contributed by atoms with van der Waals surface area (Å²) < 4.78 is 4.70. The van der Waals surface area contributed by atoms with Gasteiger partial charge in [0.1, 0.15) is 0 Å². The van der Waals surface area contributed by atoms with Crippen molar-refractivity contribution in [1.82, 2.24) is 4.98 Å². The Morgan fingerprint density at radius 3 is 3.00 bits per heavy atom. The summed E-state index contributed by atoms with van der Waals surface area (Å²) in [7, 11) is 1.34. The van der Waals surface area contributed by atoms with E-state index in [4.69, 9.17) is 10.5 Å². The van der Waals surface area contributed by atoms with Gasteiger partial charge in [-0.05, 0) is 12.1 Å². The van der Waals surface area contributed by atoms with Gasteiger partial charge in [-0.25, -0.2) is 9.78 Å². The molecule has 0 aliphatic heterocycles. The molecule has 1 atom stereocenters. The molecule has 1 unspecified atom stereocenters. The van der Waals surface area contributed by atoms with Gasteiger partial charge in [0.2, 0.25) is 0 Å². The molecule has 3 N–H and O–H groups in total. The Kier molecular flexibility index (Phi) is 4.57. The standard InChI is InChI=1S/C14H17N3O2S/c1-9(13-16-6-7-20-13)8-17-11-5-3-4-10(12(11)15)14(18)19-2/h3-7,9,17H,8,15H2,1-2H3. The number of nitrogens with zero attached hydrogens (tertiary/aromatic N) is 1. The van der Waals surface area contributed by atoms with Crippen LogP contribution in [0.1, 0.15) is 28.2 Å². The van der Waals surface area contributed by atoms with E-state index < -0.39 is 5.97 Å².